The van der Waals surface area contributed by atoms with E-state index in [2.05, 4.69) is 51.2 Å². The van der Waals surface area contributed by atoms with Gasteiger partial charge in [-0.3, -0.25) is 0 Å². The number of aryl methyl sites for hydroxylation is 1. The van der Waals surface area contributed by atoms with E-state index in [0.717, 1.165) is 24.5 Å². The molecule has 138 valence electrons. The summed E-state index contributed by atoms with van der Waals surface area (Å²) in [4.78, 5) is 0. The Bertz CT molecular complexity index is 671. The van der Waals surface area contributed by atoms with E-state index in [1.54, 1.807) is 7.11 Å². The second kappa shape index (κ2) is 9.69. The molecule has 2 aromatic carbocycles. The zero-order chi connectivity index (χ0) is 17.6. The molecular formula is C21H30ClNO2. The van der Waals surface area contributed by atoms with Crippen LogP contribution in [0.4, 0.5) is 0 Å². The van der Waals surface area contributed by atoms with Crippen molar-refractivity contribution in [3.05, 3.63) is 59.2 Å². The third kappa shape index (κ3) is 6.26. The minimum absolute atomic E-state index is 0. The fraction of sp³-hybridized carbons (Fsp3) is 0.429. The van der Waals surface area contributed by atoms with E-state index in [4.69, 9.17) is 9.47 Å². The zero-order valence-electron chi connectivity index (χ0n) is 15.9. The first-order chi connectivity index (χ1) is 11.4. The highest BCUT2D eigenvalue weighted by molar-refractivity contribution is 5.85. The van der Waals surface area contributed by atoms with Crippen LogP contribution in [0.3, 0.4) is 0 Å². The van der Waals surface area contributed by atoms with Crippen LogP contribution >= 0.6 is 12.4 Å². The zero-order valence-corrected chi connectivity index (χ0v) is 16.7. The second-order valence-corrected chi connectivity index (χ2v) is 6.79. The highest BCUT2D eigenvalue weighted by atomic mass is 35.5. The minimum atomic E-state index is 0. The van der Waals surface area contributed by atoms with Crippen molar-refractivity contribution in [2.75, 3.05) is 7.11 Å². The van der Waals surface area contributed by atoms with Gasteiger partial charge in [-0.15, -0.1) is 12.4 Å². The van der Waals surface area contributed by atoms with Crippen molar-refractivity contribution in [1.82, 2.24) is 5.32 Å². The van der Waals surface area contributed by atoms with E-state index in [0.29, 0.717) is 6.61 Å². The van der Waals surface area contributed by atoms with Gasteiger partial charge in [0.2, 0.25) is 0 Å². The summed E-state index contributed by atoms with van der Waals surface area (Å²) >= 11 is 0. The first kappa shape index (κ1) is 21.3. The molecule has 0 spiro atoms. The van der Waals surface area contributed by atoms with Crippen molar-refractivity contribution >= 4 is 12.4 Å². The van der Waals surface area contributed by atoms with Gasteiger partial charge in [-0.05, 0) is 56.0 Å². The number of methoxy groups -OCH3 is 1. The fourth-order valence-corrected chi connectivity index (χ4v) is 2.34. The predicted molar refractivity (Wildman–Crippen MR) is 107 cm³/mol. The van der Waals surface area contributed by atoms with Crippen LogP contribution in [-0.2, 0) is 13.2 Å². The number of hydrogen-bond acceptors (Lipinski definition) is 3. The number of hydrogen-bond donors (Lipinski definition) is 1. The lowest BCUT2D eigenvalue weighted by molar-refractivity contribution is 0.283. The molecule has 0 radical (unpaired) electrons. The molecule has 25 heavy (non-hydrogen) atoms. The van der Waals surface area contributed by atoms with Crippen molar-refractivity contribution in [3.8, 4) is 11.5 Å². The molecule has 0 unspecified atom stereocenters. The van der Waals surface area contributed by atoms with Crippen molar-refractivity contribution in [3.63, 3.8) is 0 Å². The van der Waals surface area contributed by atoms with E-state index in [-0.39, 0.29) is 17.9 Å². The summed E-state index contributed by atoms with van der Waals surface area (Å²) < 4.78 is 11.5. The van der Waals surface area contributed by atoms with Crippen LogP contribution in [0.1, 0.15) is 43.9 Å². The van der Waals surface area contributed by atoms with Gasteiger partial charge in [0.25, 0.3) is 0 Å². The smallest absolute Gasteiger partial charge is 0.161 e. The molecule has 0 heterocycles. The summed E-state index contributed by atoms with van der Waals surface area (Å²) in [6, 6.07) is 14.4. The lowest BCUT2D eigenvalue weighted by Crippen LogP contribution is -2.37. The average Bonchev–Trinajstić information content (AvgIpc) is 2.59. The Kier molecular flexibility index (Phi) is 8.27. The number of nitrogens with one attached hydrogen (secondary N) is 1. The third-order valence-corrected chi connectivity index (χ3v) is 4.53. The van der Waals surface area contributed by atoms with E-state index in [9.17, 15) is 0 Å². The topological polar surface area (TPSA) is 30.5 Å². The van der Waals surface area contributed by atoms with Gasteiger partial charge in [-0.2, -0.15) is 0 Å². The van der Waals surface area contributed by atoms with Gasteiger partial charge in [0.15, 0.2) is 11.5 Å². The van der Waals surface area contributed by atoms with E-state index in [1.165, 1.54) is 16.7 Å². The predicted octanol–water partition coefficient (Wildman–Crippen LogP) is 5.28. The van der Waals surface area contributed by atoms with Gasteiger partial charge in [-0.25, -0.2) is 0 Å². The lowest BCUT2D eigenvalue weighted by Gasteiger charge is -2.24. The first-order valence-corrected chi connectivity index (χ1v) is 8.54. The summed E-state index contributed by atoms with van der Waals surface area (Å²) in [5.74, 6) is 1.55. The molecule has 0 saturated carbocycles. The Balaban J connectivity index is 0.00000312. The Morgan fingerprint density at radius 2 is 1.76 bits per heavy atom. The molecule has 3 nitrogen and oxygen atoms in total. The van der Waals surface area contributed by atoms with Crippen LogP contribution in [0.2, 0.25) is 0 Å². The standard InChI is InChI=1S/C21H29NO2.ClH/c1-6-21(3,4)22-14-17-11-12-19(20(13-17)23-5)24-15-18-10-8-7-9-16(18)2;/h7-13,22H,6,14-15H2,1-5H3;1H. The van der Waals surface area contributed by atoms with Crippen LogP contribution in [0, 0.1) is 6.92 Å². The van der Waals surface area contributed by atoms with E-state index < -0.39 is 0 Å². The minimum Gasteiger partial charge on any atom is -0.493 e. The molecular weight excluding hydrogens is 334 g/mol. The van der Waals surface area contributed by atoms with Gasteiger partial charge in [0.05, 0.1) is 7.11 Å². The summed E-state index contributed by atoms with van der Waals surface area (Å²) in [7, 11) is 1.68. The van der Waals surface area contributed by atoms with Crippen molar-refractivity contribution < 1.29 is 9.47 Å². The molecule has 0 atom stereocenters. The molecule has 0 aliphatic carbocycles. The summed E-state index contributed by atoms with van der Waals surface area (Å²) in [6.07, 6.45) is 1.09. The molecule has 0 bridgehead atoms. The second-order valence-electron chi connectivity index (χ2n) is 6.79. The van der Waals surface area contributed by atoms with Gasteiger partial charge in [0, 0.05) is 12.1 Å². The normalized spacial score (nSPS) is 10.9. The average molecular weight is 364 g/mol. The highest BCUT2D eigenvalue weighted by Crippen LogP contribution is 2.29. The maximum atomic E-state index is 5.97. The molecule has 2 rings (SSSR count). The maximum Gasteiger partial charge on any atom is 0.161 e. The quantitative estimate of drug-likeness (QED) is 0.691. The Hall–Kier alpha value is -1.71. The molecule has 0 aromatic heterocycles. The molecule has 4 heteroatoms. The monoisotopic (exact) mass is 363 g/mol. The Morgan fingerprint density at radius 1 is 1.04 bits per heavy atom. The fourth-order valence-electron chi connectivity index (χ4n) is 2.34. The largest absolute Gasteiger partial charge is 0.493 e. The summed E-state index contributed by atoms with van der Waals surface area (Å²) in [5.41, 5.74) is 3.75. The van der Waals surface area contributed by atoms with Gasteiger partial charge >= 0.3 is 0 Å². The van der Waals surface area contributed by atoms with Crippen LogP contribution in [0.5, 0.6) is 11.5 Å². The van der Waals surface area contributed by atoms with Crippen molar-refractivity contribution in [2.24, 2.45) is 0 Å². The third-order valence-electron chi connectivity index (χ3n) is 4.53. The molecule has 0 aliphatic heterocycles. The maximum absolute atomic E-state index is 5.97. The Morgan fingerprint density at radius 3 is 2.40 bits per heavy atom. The summed E-state index contributed by atoms with van der Waals surface area (Å²) in [6.45, 7) is 10.1. The van der Waals surface area contributed by atoms with E-state index in [1.807, 2.05) is 24.3 Å². The number of rotatable bonds is 8. The molecule has 0 aliphatic rings. The van der Waals surface area contributed by atoms with Crippen molar-refractivity contribution in [1.29, 1.82) is 0 Å². The SMILES string of the molecule is CCC(C)(C)NCc1ccc(OCc2ccccc2C)c(OC)c1.Cl. The Labute approximate surface area is 158 Å². The summed E-state index contributed by atoms with van der Waals surface area (Å²) in [5, 5.41) is 3.56. The van der Waals surface area contributed by atoms with Crippen LogP contribution < -0.4 is 14.8 Å². The van der Waals surface area contributed by atoms with Crippen LogP contribution in [0.15, 0.2) is 42.5 Å². The lowest BCUT2D eigenvalue weighted by atomic mass is 10.0. The van der Waals surface area contributed by atoms with E-state index >= 15 is 0 Å². The molecule has 0 amide bonds. The number of halogens is 1. The number of ether oxygens (including phenoxy) is 2. The molecule has 0 saturated heterocycles. The molecule has 1 N–H and O–H groups in total. The van der Waals surface area contributed by atoms with Crippen LogP contribution in [-0.4, -0.2) is 12.6 Å². The number of benzene rings is 2. The van der Waals surface area contributed by atoms with Crippen molar-refractivity contribution in [2.45, 2.75) is 52.8 Å². The molecule has 0 fully saturated rings. The highest BCUT2D eigenvalue weighted by Gasteiger charge is 2.14. The molecule has 2 aromatic rings. The van der Waals surface area contributed by atoms with Gasteiger partial charge in [-0.1, -0.05) is 37.3 Å². The first-order valence-electron chi connectivity index (χ1n) is 8.54. The van der Waals surface area contributed by atoms with Crippen LogP contribution in [0.25, 0.3) is 0 Å². The van der Waals surface area contributed by atoms with Gasteiger partial charge < -0.3 is 14.8 Å². The van der Waals surface area contributed by atoms with Gasteiger partial charge in [0.1, 0.15) is 6.61 Å².